The van der Waals surface area contributed by atoms with Gasteiger partial charge in [0, 0.05) is 18.8 Å². The predicted molar refractivity (Wildman–Crippen MR) is 33.9 cm³/mol. The predicted octanol–water partition coefficient (Wildman–Crippen LogP) is 2.49. The lowest BCUT2D eigenvalue weighted by Crippen LogP contribution is -2.14. The molecule has 1 rings (SSSR count). The zero-order valence-electron chi connectivity index (χ0n) is 5.95. The Morgan fingerprint density at radius 1 is 1.55 bits per heavy atom. The van der Waals surface area contributed by atoms with Gasteiger partial charge in [0.05, 0.1) is 12.4 Å². The maximum Gasteiger partial charge on any atom is 0.389 e. The Kier molecular flexibility index (Phi) is 2.11. The molecule has 0 aliphatic carbocycles. The van der Waals surface area contributed by atoms with E-state index in [-0.39, 0.29) is 6.61 Å². The minimum atomic E-state index is -4.07. The number of hydrogen-bond acceptors (Lipinski definition) is 1. The topological polar surface area (TPSA) is 9.23 Å². The van der Waals surface area contributed by atoms with Crippen LogP contribution in [0.4, 0.5) is 13.2 Å². The standard InChI is InChI=1S/C7H9F3O/c1-5-2-6(4-11-5)3-7(8,9)10/h6H,1-4H2. The van der Waals surface area contributed by atoms with Crippen molar-refractivity contribution in [3.05, 3.63) is 12.3 Å². The zero-order valence-corrected chi connectivity index (χ0v) is 5.95. The number of alkyl halides is 3. The van der Waals surface area contributed by atoms with E-state index < -0.39 is 18.5 Å². The van der Waals surface area contributed by atoms with Crippen molar-refractivity contribution in [1.29, 1.82) is 0 Å². The van der Waals surface area contributed by atoms with Crippen LogP contribution in [0.25, 0.3) is 0 Å². The molecule has 0 spiro atoms. The van der Waals surface area contributed by atoms with Gasteiger partial charge in [0.1, 0.15) is 0 Å². The summed E-state index contributed by atoms with van der Waals surface area (Å²) in [5, 5.41) is 0. The fourth-order valence-corrected chi connectivity index (χ4v) is 1.13. The highest BCUT2D eigenvalue weighted by Gasteiger charge is 2.34. The van der Waals surface area contributed by atoms with Gasteiger partial charge in [0.15, 0.2) is 0 Å². The Bertz CT molecular complexity index is 162. The molecule has 0 N–H and O–H groups in total. The number of rotatable bonds is 1. The molecule has 0 aromatic heterocycles. The average molecular weight is 166 g/mol. The van der Waals surface area contributed by atoms with Gasteiger partial charge in [-0.15, -0.1) is 0 Å². The highest BCUT2D eigenvalue weighted by atomic mass is 19.4. The van der Waals surface area contributed by atoms with Gasteiger partial charge in [-0.2, -0.15) is 13.2 Å². The first kappa shape index (κ1) is 8.43. The molecule has 4 heteroatoms. The van der Waals surface area contributed by atoms with Crippen LogP contribution in [0.5, 0.6) is 0 Å². The molecule has 1 aliphatic rings. The van der Waals surface area contributed by atoms with E-state index in [1.54, 1.807) is 0 Å². The SMILES string of the molecule is C=C1CC(CC(F)(F)F)CO1. The summed E-state index contributed by atoms with van der Waals surface area (Å²) >= 11 is 0. The summed E-state index contributed by atoms with van der Waals surface area (Å²) in [7, 11) is 0. The van der Waals surface area contributed by atoms with Crippen LogP contribution < -0.4 is 0 Å². The molecule has 1 unspecified atom stereocenters. The smallest absolute Gasteiger partial charge is 0.389 e. The van der Waals surface area contributed by atoms with Crippen molar-refractivity contribution in [2.24, 2.45) is 5.92 Å². The van der Waals surface area contributed by atoms with Crippen LogP contribution in [-0.4, -0.2) is 12.8 Å². The maximum absolute atomic E-state index is 11.7. The van der Waals surface area contributed by atoms with E-state index in [4.69, 9.17) is 4.74 Å². The molecule has 0 aromatic rings. The maximum atomic E-state index is 11.7. The van der Waals surface area contributed by atoms with E-state index in [1.165, 1.54) is 0 Å². The van der Waals surface area contributed by atoms with Crippen LogP contribution >= 0.6 is 0 Å². The number of hydrogen-bond donors (Lipinski definition) is 0. The van der Waals surface area contributed by atoms with Crippen LogP contribution in [0, 0.1) is 5.92 Å². The van der Waals surface area contributed by atoms with Crippen LogP contribution in [0.2, 0.25) is 0 Å². The molecule has 0 bridgehead atoms. The molecule has 0 aromatic carbocycles. The van der Waals surface area contributed by atoms with E-state index in [0.29, 0.717) is 12.2 Å². The summed E-state index contributed by atoms with van der Waals surface area (Å²) in [6.07, 6.45) is -4.48. The summed E-state index contributed by atoms with van der Waals surface area (Å²) < 4.78 is 40.1. The summed E-state index contributed by atoms with van der Waals surface area (Å²) in [6.45, 7) is 3.61. The highest BCUT2D eigenvalue weighted by molar-refractivity contribution is 4.91. The Labute approximate surface area is 62.8 Å². The Hall–Kier alpha value is -0.670. The van der Waals surface area contributed by atoms with Crippen LogP contribution in [-0.2, 0) is 4.74 Å². The summed E-state index contributed by atoms with van der Waals surface area (Å²) in [6, 6.07) is 0. The second-order valence-corrected chi connectivity index (χ2v) is 2.74. The summed E-state index contributed by atoms with van der Waals surface area (Å²) in [5.41, 5.74) is 0. The van der Waals surface area contributed by atoms with Gasteiger partial charge >= 0.3 is 6.18 Å². The lowest BCUT2D eigenvalue weighted by molar-refractivity contribution is -0.144. The largest absolute Gasteiger partial charge is 0.498 e. The van der Waals surface area contributed by atoms with E-state index in [1.807, 2.05) is 0 Å². The van der Waals surface area contributed by atoms with Gasteiger partial charge in [-0.25, -0.2) is 0 Å². The molecule has 1 atom stereocenters. The van der Waals surface area contributed by atoms with E-state index >= 15 is 0 Å². The fourth-order valence-electron chi connectivity index (χ4n) is 1.13. The first-order chi connectivity index (χ1) is 4.97. The molecule has 1 aliphatic heterocycles. The first-order valence-corrected chi connectivity index (χ1v) is 3.35. The molecule has 0 saturated carbocycles. The van der Waals surface area contributed by atoms with E-state index in [2.05, 4.69) is 6.58 Å². The van der Waals surface area contributed by atoms with Crippen LogP contribution in [0.1, 0.15) is 12.8 Å². The molecule has 0 amide bonds. The monoisotopic (exact) mass is 166 g/mol. The van der Waals surface area contributed by atoms with Crippen LogP contribution in [0.3, 0.4) is 0 Å². The second-order valence-electron chi connectivity index (χ2n) is 2.74. The molecular formula is C7H9F3O. The quantitative estimate of drug-likeness (QED) is 0.581. The molecule has 0 radical (unpaired) electrons. The third-order valence-corrected chi connectivity index (χ3v) is 1.56. The van der Waals surface area contributed by atoms with Gasteiger partial charge in [0.2, 0.25) is 0 Å². The van der Waals surface area contributed by atoms with Crippen molar-refractivity contribution in [3.8, 4) is 0 Å². The molecule has 11 heavy (non-hydrogen) atoms. The average Bonchev–Trinajstić information content (AvgIpc) is 2.10. The fraction of sp³-hybridized carbons (Fsp3) is 0.714. The molecule has 1 fully saturated rings. The second kappa shape index (κ2) is 2.75. The van der Waals surface area contributed by atoms with Crippen molar-refractivity contribution in [3.63, 3.8) is 0 Å². The van der Waals surface area contributed by atoms with Gasteiger partial charge in [-0.05, 0) is 0 Å². The molecule has 1 heterocycles. The Balaban J connectivity index is 2.34. The Morgan fingerprint density at radius 3 is 2.55 bits per heavy atom. The van der Waals surface area contributed by atoms with Crippen molar-refractivity contribution in [1.82, 2.24) is 0 Å². The van der Waals surface area contributed by atoms with E-state index in [0.717, 1.165) is 0 Å². The van der Waals surface area contributed by atoms with Gasteiger partial charge < -0.3 is 4.74 Å². The molecule has 1 nitrogen and oxygen atoms in total. The Morgan fingerprint density at radius 2 is 2.18 bits per heavy atom. The third kappa shape index (κ3) is 2.82. The van der Waals surface area contributed by atoms with Crippen molar-refractivity contribution in [2.45, 2.75) is 19.0 Å². The van der Waals surface area contributed by atoms with Gasteiger partial charge in [-0.1, -0.05) is 6.58 Å². The number of halogens is 3. The minimum absolute atomic E-state index is 0.165. The minimum Gasteiger partial charge on any atom is -0.498 e. The van der Waals surface area contributed by atoms with Crippen molar-refractivity contribution >= 4 is 0 Å². The van der Waals surface area contributed by atoms with Gasteiger partial charge in [-0.3, -0.25) is 0 Å². The lowest BCUT2D eigenvalue weighted by atomic mass is 10.0. The van der Waals surface area contributed by atoms with E-state index in [9.17, 15) is 13.2 Å². The van der Waals surface area contributed by atoms with Gasteiger partial charge in [0.25, 0.3) is 0 Å². The number of allylic oxidation sites excluding steroid dienone is 1. The molecular weight excluding hydrogens is 157 g/mol. The summed E-state index contributed by atoms with van der Waals surface area (Å²) in [5.74, 6) is 0.0572. The van der Waals surface area contributed by atoms with Crippen molar-refractivity contribution in [2.75, 3.05) is 6.61 Å². The lowest BCUT2D eigenvalue weighted by Gasteiger charge is -2.09. The van der Waals surface area contributed by atoms with Crippen LogP contribution in [0.15, 0.2) is 12.3 Å². The molecule has 64 valence electrons. The number of ether oxygens (including phenoxy) is 1. The third-order valence-electron chi connectivity index (χ3n) is 1.56. The molecule has 1 saturated heterocycles. The zero-order chi connectivity index (χ0) is 8.48. The highest BCUT2D eigenvalue weighted by Crippen LogP contribution is 2.32. The van der Waals surface area contributed by atoms with Crippen molar-refractivity contribution < 1.29 is 17.9 Å². The normalized spacial score (nSPS) is 25.4. The first-order valence-electron chi connectivity index (χ1n) is 3.35. The summed E-state index contributed by atoms with van der Waals surface area (Å²) in [4.78, 5) is 0.